The Labute approximate surface area is 112 Å². The number of nitrogens with one attached hydrogen (secondary N) is 1. The van der Waals surface area contributed by atoms with Crippen LogP contribution in [-0.2, 0) is 0 Å². The number of piperazine rings is 3. The van der Waals surface area contributed by atoms with Crippen molar-refractivity contribution in [2.24, 2.45) is 5.84 Å². The van der Waals surface area contributed by atoms with Gasteiger partial charge < -0.3 is 0 Å². The van der Waals surface area contributed by atoms with Gasteiger partial charge in [-0.25, -0.2) is 0 Å². The largest absolute Gasteiger partial charge is 0.299 e. The van der Waals surface area contributed by atoms with Crippen molar-refractivity contribution in [3.8, 4) is 0 Å². The second-order valence-electron chi connectivity index (χ2n) is 5.88. The number of hydrazine groups is 1. The van der Waals surface area contributed by atoms with Crippen LogP contribution in [-0.4, -0.2) is 54.6 Å². The molecule has 0 aromatic heterocycles. The van der Waals surface area contributed by atoms with Gasteiger partial charge in [0.05, 0.1) is 0 Å². The van der Waals surface area contributed by atoms with Gasteiger partial charge in [-0.2, -0.15) is 0 Å². The van der Waals surface area contributed by atoms with Crippen molar-refractivity contribution >= 4 is 0 Å². The highest BCUT2D eigenvalue weighted by Crippen LogP contribution is 2.21. The van der Waals surface area contributed by atoms with E-state index in [9.17, 15) is 0 Å². The molecule has 0 saturated carbocycles. The molecule has 0 radical (unpaired) electrons. The zero-order valence-corrected chi connectivity index (χ0v) is 11.9. The zero-order chi connectivity index (χ0) is 12.8. The number of nitrogens with two attached hydrogens (primary N) is 1. The van der Waals surface area contributed by atoms with E-state index < -0.39 is 0 Å². The molecule has 18 heavy (non-hydrogen) atoms. The lowest BCUT2D eigenvalue weighted by atomic mass is 9.95. The van der Waals surface area contributed by atoms with Crippen LogP contribution in [0.5, 0.6) is 0 Å². The van der Waals surface area contributed by atoms with Gasteiger partial charge in [0.1, 0.15) is 0 Å². The summed E-state index contributed by atoms with van der Waals surface area (Å²) in [5.41, 5.74) is 3.08. The van der Waals surface area contributed by atoms with E-state index in [-0.39, 0.29) is 0 Å². The molecule has 0 aromatic rings. The molecule has 4 nitrogen and oxygen atoms in total. The minimum atomic E-state index is 0.481. The molecule has 3 aliphatic rings. The van der Waals surface area contributed by atoms with Gasteiger partial charge in [-0.3, -0.25) is 21.1 Å². The van der Waals surface area contributed by atoms with E-state index in [0.29, 0.717) is 12.1 Å². The van der Waals surface area contributed by atoms with E-state index in [1.54, 1.807) is 0 Å². The third kappa shape index (κ3) is 3.67. The van der Waals surface area contributed by atoms with E-state index >= 15 is 0 Å². The first-order chi connectivity index (χ1) is 8.85. The van der Waals surface area contributed by atoms with Crippen molar-refractivity contribution in [2.75, 3.05) is 32.7 Å². The van der Waals surface area contributed by atoms with Gasteiger partial charge in [0.25, 0.3) is 0 Å². The van der Waals surface area contributed by atoms with Gasteiger partial charge in [-0.1, -0.05) is 39.0 Å². The first-order valence-electron chi connectivity index (χ1n) is 7.77. The molecule has 0 aromatic carbocycles. The van der Waals surface area contributed by atoms with Crippen LogP contribution < -0.4 is 11.3 Å². The Morgan fingerprint density at radius 1 is 1.11 bits per heavy atom. The molecule has 3 fully saturated rings. The fourth-order valence-electron chi connectivity index (χ4n) is 3.39. The average Bonchev–Trinajstić information content (AvgIpc) is 2.44. The molecule has 2 atom stereocenters. The number of hydrogen-bond donors (Lipinski definition) is 2. The molecule has 2 unspecified atom stereocenters. The maximum absolute atomic E-state index is 5.78. The molecule has 0 amide bonds. The minimum Gasteiger partial charge on any atom is -0.299 e. The van der Waals surface area contributed by atoms with Crippen molar-refractivity contribution in [2.45, 2.75) is 57.5 Å². The molecular weight excluding hydrogens is 224 g/mol. The van der Waals surface area contributed by atoms with Crippen LogP contribution in [0.3, 0.4) is 0 Å². The Bertz CT molecular complexity index is 226. The highest BCUT2D eigenvalue weighted by Gasteiger charge is 2.35. The zero-order valence-electron chi connectivity index (χ0n) is 11.9. The molecule has 3 saturated heterocycles. The van der Waals surface area contributed by atoms with E-state index in [0.717, 1.165) is 0 Å². The van der Waals surface area contributed by atoms with E-state index in [1.807, 2.05) is 0 Å². The van der Waals surface area contributed by atoms with Gasteiger partial charge in [0.15, 0.2) is 0 Å². The molecular formula is C14H30N4. The molecule has 3 heterocycles. The van der Waals surface area contributed by atoms with E-state index in [4.69, 9.17) is 5.84 Å². The lowest BCUT2D eigenvalue weighted by molar-refractivity contribution is -0.00484. The van der Waals surface area contributed by atoms with Crippen LogP contribution in [0, 0.1) is 0 Å². The van der Waals surface area contributed by atoms with E-state index in [2.05, 4.69) is 22.1 Å². The topological polar surface area (TPSA) is 44.5 Å². The molecule has 4 heteroatoms. The SMILES string of the molecule is CCCCCCCC(NN)C1CN2CCN1CC2. The first kappa shape index (κ1) is 14.3. The number of rotatable bonds is 8. The number of unbranched alkanes of at least 4 members (excludes halogenated alkanes) is 4. The molecule has 3 rings (SSSR count). The van der Waals surface area contributed by atoms with Gasteiger partial charge in [0, 0.05) is 44.8 Å². The van der Waals surface area contributed by atoms with Crippen molar-refractivity contribution in [3.63, 3.8) is 0 Å². The van der Waals surface area contributed by atoms with Crippen LogP contribution in [0.15, 0.2) is 0 Å². The van der Waals surface area contributed by atoms with Gasteiger partial charge in [-0.15, -0.1) is 0 Å². The highest BCUT2D eigenvalue weighted by atomic mass is 15.4. The van der Waals surface area contributed by atoms with Crippen LogP contribution in [0.1, 0.15) is 45.4 Å². The number of fused-ring (bicyclic) bond motifs is 3. The van der Waals surface area contributed by atoms with Crippen LogP contribution in [0.4, 0.5) is 0 Å². The van der Waals surface area contributed by atoms with Crippen molar-refractivity contribution < 1.29 is 0 Å². The van der Waals surface area contributed by atoms with Gasteiger partial charge in [-0.05, 0) is 6.42 Å². The summed E-state index contributed by atoms with van der Waals surface area (Å²) < 4.78 is 0. The second kappa shape index (κ2) is 7.43. The fourth-order valence-corrected chi connectivity index (χ4v) is 3.39. The van der Waals surface area contributed by atoms with Gasteiger partial charge >= 0.3 is 0 Å². The molecule has 3 aliphatic heterocycles. The number of nitrogens with zero attached hydrogens (tertiary/aromatic N) is 2. The average molecular weight is 254 g/mol. The fraction of sp³-hybridized carbons (Fsp3) is 1.00. The normalized spacial score (nSPS) is 32.7. The Balaban J connectivity index is 1.71. The summed E-state index contributed by atoms with van der Waals surface area (Å²) in [6.07, 6.45) is 8.00. The van der Waals surface area contributed by atoms with Crippen LogP contribution in [0.2, 0.25) is 0 Å². The lowest BCUT2D eigenvalue weighted by Gasteiger charge is -2.50. The predicted molar refractivity (Wildman–Crippen MR) is 76.3 cm³/mol. The third-order valence-electron chi connectivity index (χ3n) is 4.62. The lowest BCUT2D eigenvalue weighted by Crippen LogP contribution is -2.67. The van der Waals surface area contributed by atoms with Crippen molar-refractivity contribution in [1.29, 1.82) is 0 Å². The summed E-state index contributed by atoms with van der Waals surface area (Å²) in [6.45, 7) is 8.46. The summed E-state index contributed by atoms with van der Waals surface area (Å²) in [4.78, 5) is 5.22. The maximum atomic E-state index is 5.78. The van der Waals surface area contributed by atoms with Crippen molar-refractivity contribution in [1.82, 2.24) is 15.2 Å². The summed E-state index contributed by atoms with van der Waals surface area (Å²) in [5.74, 6) is 5.78. The Hall–Kier alpha value is -0.160. The standard InChI is InChI=1S/C14H30N4/c1-2-3-4-5-6-7-13(16-15)14-12-17-8-10-18(14)11-9-17/h13-14,16H,2-12,15H2,1H3. The van der Waals surface area contributed by atoms with Crippen LogP contribution >= 0.6 is 0 Å². The van der Waals surface area contributed by atoms with Crippen molar-refractivity contribution in [3.05, 3.63) is 0 Å². The smallest absolute Gasteiger partial charge is 0.0391 e. The molecule has 3 N–H and O–H groups in total. The molecule has 0 spiro atoms. The first-order valence-corrected chi connectivity index (χ1v) is 7.77. The highest BCUT2D eigenvalue weighted by molar-refractivity contribution is 4.94. The number of hydrogen-bond acceptors (Lipinski definition) is 4. The molecule has 0 aliphatic carbocycles. The second-order valence-corrected chi connectivity index (χ2v) is 5.88. The summed E-state index contributed by atoms with van der Waals surface area (Å²) >= 11 is 0. The van der Waals surface area contributed by atoms with Gasteiger partial charge in [0.2, 0.25) is 0 Å². The minimum absolute atomic E-state index is 0.481. The Kier molecular flexibility index (Phi) is 5.89. The third-order valence-corrected chi connectivity index (χ3v) is 4.62. The maximum Gasteiger partial charge on any atom is 0.0391 e. The Morgan fingerprint density at radius 2 is 1.83 bits per heavy atom. The summed E-state index contributed by atoms with van der Waals surface area (Å²) in [6, 6.07) is 1.12. The monoisotopic (exact) mass is 254 g/mol. The summed E-state index contributed by atoms with van der Waals surface area (Å²) in [7, 11) is 0. The Morgan fingerprint density at radius 3 is 2.39 bits per heavy atom. The van der Waals surface area contributed by atoms with Crippen LogP contribution in [0.25, 0.3) is 0 Å². The molecule has 2 bridgehead atoms. The quantitative estimate of drug-likeness (QED) is 0.388. The summed E-state index contributed by atoms with van der Waals surface area (Å²) in [5, 5.41) is 0. The molecule has 106 valence electrons. The predicted octanol–water partition coefficient (Wildman–Crippen LogP) is 1.18. The van der Waals surface area contributed by atoms with E-state index in [1.165, 1.54) is 71.2 Å².